The number of pyridine rings is 2. The molecule has 0 aliphatic rings. The Bertz CT molecular complexity index is 1250. The fourth-order valence-electron chi connectivity index (χ4n) is 3.50. The minimum Gasteiger partial charge on any atom is -0.383 e. The number of nitrogens with zero attached hydrogens (tertiary/aromatic N) is 4. The topological polar surface area (TPSA) is 69.6 Å². The molecule has 3 heterocycles. The Morgan fingerprint density at radius 3 is 2.57 bits per heavy atom. The zero-order chi connectivity index (χ0) is 21.1. The van der Waals surface area contributed by atoms with E-state index in [-0.39, 0.29) is 0 Å². The van der Waals surface area contributed by atoms with Crippen molar-refractivity contribution in [2.75, 3.05) is 5.73 Å². The van der Waals surface area contributed by atoms with Crippen molar-refractivity contribution in [3.05, 3.63) is 84.2 Å². The van der Waals surface area contributed by atoms with Gasteiger partial charge in [0, 0.05) is 11.9 Å². The summed E-state index contributed by atoms with van der Waals surface area (Å²) in [4.78, 5) is 14.1. The van der Waals surface area contributed by atoms with Crippen molar-refractivity contribution in [2.24, 2.45) is 0 Å². The van der Waals surface area contributed by atoms with Crippen LogP contribution in [0.5, 0.6) is 0 Å². The van der Waals surface area contributed by atoms with Crippen molar-refractivity contribution in [1.82, 2.24) is 19.5 Å². The molecule has 2 N–H and O–H groups in total. The Kier molecular flexibility index (Phi) is 5.44. The quantitative estimate of drug-likeness (QED) is 0.437. The van der Waals surface area contributed by atoms with Gasteiger partial charge < -0.3 is 5.73 Å². The summed E-state index contributed by atoms with van der Waals surface area (Å²) < 4.78 is 2.06. The van der Waals surface area contributed by atoms with Crippen molar-refractivity contribution >= 4 is 22.6 Å². The zero-order valence-electron chi connectivity index (χ0n) is 17.5. The molecule has 0 spiro atoms. The maximum atomic E-state index is 6.20. The van der Waals surface area contributed by atoms with Crippen LogP contribution in [0.1, 0.15) is 31.5 Å². The van der Waals surface area contributed by atoms with Gasteiger partial charge in [-0.3, -0.25) is 4.57 Å². The number of allylic oxidation sites excluding steroid dienone is 4. The second kappa shape index (κ2) is 8.33. The van der Waals surface area contributed by atoms with E-state index < -0.39 is 0 Å². The largest absolute Gasteiger partial charge is 0.383 e. The number of nitrogen functional groups attached to an aromatic ring is 1. The first-order valence-corrected chi connectivity index (χ1v) is 10.1. The summed E-state index contributed by atoms with van der Waals surface area (Å²) in [7, 11) is 0. The van der Waals surface area contributed by atoms with Crippen molar-refractivity contribution in [3.8, 4) is 17.1 Å². The first-order chi connectivity index (χ1) is 14.6. The van der Waals surface area contributed by atoms with Crippen LogP contribution in [0.3, 0.4) is 0 Å². The van der Waals surface area contributed by atoms with E-state index in [0.717, 1.165) is 45.9 Å². The summed E-state index contributed by atoms with van der Waals surface area (Å²) in [6.45, 7) is 6.22. The maximum Gasteiger partial charge on any atom is 0.165 e. The van der Waals surface area contributed by atoms with Gasteiger partial charge in [0.1, 0.15) is 11.3 Å². The normalized spacial score (nSPS) is 12.2. The molecule has 0 radical (unpaired) electrons. The third kappa shape index (κ3) is 3.62. The highest BCUT2D eigenvalue weighted by Crippen LogP contribution is 2.31. The molecule has 30 heavy (non-hydrogen) atoms. The molecule has 0 aliphatic heterocycles. The lowest BCUT2D eigenvalue weighted by molar-refractivity contribution is 1.07. The fourth-order valence-corrected chi connectivity index (χ4v) is 3.50. The molecular weight excluding hydrogens is 370 g/mol. The van der Waals surface area contributed by atoms with Crippen LogP contribution in [0.4, 0.5) is 5.82 Å². The monoisotopic (exact) mass is 395 g/mol. The number of rotatable bonds is 5. The highest BCUT2D eigenvalue weighted by atomic mass is 15.1. The van der Waals surface area contributed by atoms with E-state index in [0.29, 0.717) is 5.82 Å². The third-order valence-corrected chi connectivity index (χ3v) is 4.94. The summed E-state index contributed by atoms with van der Waals surface area (Å²) in [6, 6.07) is 16.2. The molecule has 0 atom stereocenters. The number of aryl methyl sites for hydroxylation is 1. The summed E-state index contributed by atoms with van der Waals surface area (Å²) in [5, 5.41) is 0. The maximum absolute atomic E-state index is 6.20. The number of hydrogen-bond acceptors (Lipinski definition) is 4. The Balaban J connectivity index is 2.02. The van der Waals surface area contributed by atoms with Gasteiger partial charge in [0.25, 0.3) is 0 Å². The molecule has 0 aliphatic carbocycles. The van der Waals surface area contributed by atoms with Crippen LogP contribution in [0.2, 0.25) is 0 Å². The first kappa shape index (κ1) is 19.6. The second-order valence-electron chi connectivity index (χ2n) is 7.15. The van der Waals surface area contributed by atoms with Crippen LogP contribution in [0.25, 0.3) is 33.8 Å². The molecule has 3 aromatic heterocycles. The van der Waals surface area contributed by atoms with Gasteiger partial charge in [-0.25, -0.2) is 15.0 Å². The number of anilines is 1. The molecule has 0 fully saturated rings. The molecule has 4 aromatic rings. The molecule has 0 amide bonds. The van der Waals surface area contributed by atoms with Crippen LogP contribution < -0.4 is 5.73 Å². The number of fused-ring (bicyclic) bond motifs is 1. The fraction of sp³-hybridized carbons (Fsp3) is 0.160. The van der Waals surface area contributed by atoms with Crippen LogP contribution in [0, 0.1) is 6.92 Å². The Morgan fingerprint density at radius 2 is 1.87 bits per heavy atom. The van der Waals surface area contributed by atoms with Gasteiger partial charge in [-0.2, -0.15) is 0 Å². The number of benzene rings is 1. The van der Waals surface area contributed by atoms with E-state index in [4.69, 9.17) is 15.7 Å². The number of aromatic nitrogens is 4. The summed E-state index contributed by atoms with van der Waals surface area (Å²) in [6.07, 6.45) is 8.93. The Hall–Kier alpha value is -3.73. The van der Waals surface area contributed by atoms with Crippen LogP contribution in [-0.2, 0) is 0 Å². The molecule has 150 valence electrons. The van der Waals surface area contributed by atoms with Crippen molar-refractivity contribution < 1.29 is 0 Å². The smallest absolute Gasteiger partial charge is 0.165 e. The first-order valence-electron chi connectivity index (χ1n) is 10.1. The van der Waals surface area contributed by atoms with Gasteiger partial charge in [0.05, 0.1) is 11.3 Å². The van der Waals surface area contributed by atoms with Gasteiger partial charge in [-0.05, 0) is 62.2 Å². The molecule has 1 aromatic carbocycles. The summed E-state index contributed by atoms with van der Waals surface area (Å²) in [5.74, 6) is 1.18. The lowest BCUT2D eigenvalue weighted by Gasteiger charge is -2.11. The van der Waals surface area contributed by atoms with Gasteiger partial charge in [-0.1, -0.05) is 42.8 Å². The molecule has 0 bridgehead atoms. The second-order valence-corrected chi connectivity index (χ2v) is 7.15. The molecule has 0 unspecified atom stereocenters. The standard InChI is InChI=1S/C25H25N5/c1-4-7-18(8-5-2)21-14-15-22-25(28-21)30(19-12-10-17(3)11-13-19)24(29-22)20-9-6-16-27-23(20)26/h4,6-16H,5H2,1-3H3,(H2,26,27)/b7-4-,18-8+. The highest BCUT2D eigenvalue weighted by Gasteiger charge is 2.18. The van der Waals surface area contributed by atoms with E-state index >= 15 is 0 Å². The number of imidazole rings is 1. The average molecular weight is 396 g/mol. The predicted molar refractivity (Wildman–Crippen MR) is 124 cm³/mol. The van der Waals surface area contributed by atoms with E-state index in [2.05, 4.69) is 59.8 Å². The Morgan fingerprint density at radius 1 is 1.07 bits per heavy atom. The predicted octanol–water partition coefficient (Wildman–Crippen LogP) is 5.74. The molecule has 4 rings (SSSR count). The molecule has 0 saturated heterocycles. The lowest BCUT2D eigenvalue weighted by atomic mass is 10.1. The minimum atomic E-state index is 0.446. The van der Waals surface area contributed by atoms with Crippen molar-refractivity contribution in [2.45, 2.75) is 27.2 Å². The average Bonchev–Trinajstić information content (AvgIpc) is 3.13. The highest BCUT2D eigenvalue weighted by molar-refractivity contribution is 5.85. The summed E-state index contributed by atoms with van der Waals surface area (Å²) >= 11 is 0. The van der Waals surface area contributed by atoms with E-state index in [1.165, 1.54) is 5.56 Å². The van der Waals surface area contributed by atoms with Gasteiger partial charge in [0.2, 0.25) is 0 Å². The van der Waals surface area contributed by atoms with E-state index in [1.54, 1.807) is 6.20 Å². The van der Waals surface area contributed by atoms with Gasteiger partial charge in [-0.15, -0.1) is 0 Å². The van der Waals surface area contributed by atoms with Crippen molar-refractivity contribution in [1.29, 1.82) is 0 Å². The zero-order valence-corrected chi connectivity index (χ0v) is 17.5. The van der Waals surface area contributed by atoms with E-state index in [9.17, 15) is 0 Å². The SMILES string of the molecule is C/C=C\C(=C/CC)c1ccc2nc(-c3cccnc3N)n(-c3ccc(C)cc3)c2n1. The van der Waals surface area contributed by atoms with Crippen LogP contribution in [-0.4, -0.2) is 19.5 Å². The molecular formula is C25H25N5. The van der Waals surface area contributed by atoms with E-state index in [1.807, 2.05) is 37.3 Å². The number of nitrogens with two attached hydrogens (primary N) is 1. The molecule has 5 nitrogen and oxygen atoms in total. The number of hydrogen-bond donors (Lipinski definition) is 1. The van der Waals surface area contributed by atoms with Gasteiger partial charge >= 0.3 is 0 Å². The van der Waals surface area contributed by atoms with Crippen molar-refractivity contribution in [3.63, 3.8) is 0 Å². The minimum absolute atomic E-state index is 0.446. The lowest BCUT2D eigenvalue weighted by Crippen LogP contribution is -2.02. The Labute approximate surface area is 176 Å². The van der Waals surface area contributed by atoms with Crippen LogP contribution >= 0.6 is 0 Å². The van der Waals surface area contributed by atoms with Crippen LogP contribution in [0.15, 0.2) is 73.0 Å². The molecule has 0 saturated carbocycles. The summed E-state index contributed by atoms with van der Waals surface area (Å²) in [5.41, 5.74) is 12.8. The van der Waals surface area contributed by atoms with Gasteiger partial charge in [0.15, 0.2) is 11.5 Å². The third-order valence-electron chi connectivity index (χ3n) is 4.94. The molecule has 5 heteroatoms.